The highest BCUT2D eigenvalue weighted by Gasteiger charge is 2.10. The molecule has 0 amide bonds. The molecule has 0 aliphatic heterocycles. The first-order valence-corrected chi connectivity index (χ1v) is 7.81. The van der Waals surface area contributed by atoms with Crippen LogP contribution >= 0.6 is 11.8 Å². The van der Waals surface area contributed by atoms with E-state index in [0.717, 1.165) is 18.5 Å². The zero-order chi connectivity index (χ0) is 13.7. The number of hydrogen-bond donors (Lipinski definition) is 1. The minimum absolute atomic E-state index is 0.502. The van der Waals surface area contributed by atoms with Crippen molar-refractivity contribution in [3.05, 3.63) is 23.8 Å². The molecule has 100 valence electrons. The summed E-state index contributed by atoms with van der Waals surface area (Å²) in [5.74, 6) is 1.71. The van der Waals surface area contributed by atoms with Crippen LogP contribution in [-0.2, 0) is 6.54 Å². The maximum atomic E-state index is 9.07. The molecule has 0 bridgehead atoms. The Morgan fingerprint density at radius 2 is 2.21 bits per heavy atom. The van der Waals surface area contributed by atoms with Crippen LogP contribution in [0.25, 0.3) is 11.0 Å². The van der Waals surface area contributed by atoms with E-state index in [9.17, 15) is 0 Å². The van der Waals surface area contributed by atoms with Crippen molar-refractivity contribution < 1.29 is 0 Å². The van der Waals surface area contributed by atoms with Crippen molar-refractivity contribution in [1.29, 1.82) is 5.26 Å². The fraction of sp³-hybridized carbons (Fsp3) is 0.429. The monoisotopic (exact) mass is 274 g/mol. The first-order chi connectivity index (χ1) is 9.27. The van der Waals surface area contributed by atoms with Crippen LogP contribution in [-0.4, -0.2) is 21.6 Å². The summed E-state index contributed by atoms with van der Waals surface area (Å²) in [6.07, 6.45) is 5.65. The summed E-state index contributed by atoms with van der Waals surface area (Å²) in [7, 11) is 0. The van der Waals surface area contributed by atoms with Crippen LogP contribution in [0.4, 0.5) is 5.95 Å². The van der Waals surface area contributed by atoms with Crippen LogP contribution < -0.4 is 5.73 Å². The lowest BCUT2D eigenvalue weighted by atomic mass is 10.2. The smallest absolute Gasteiger partial charge is 0.201 e. The molecule has 4 nitrogen and oxygen atoms in total. The third kappa shape index (κ3) is 3.02. The number of aryl methyl sites for hydroxylation is 1. The maximum absolute atomic E-state index is 9.07. The van der Waals surface area contributed by atoms with Crippen molar-refractivity contribution in [2.45, 2.75) is 25.8 Å². The standard InChI is InChI=1S/C14H18N4S/c1-19-9-4-2-3-8-18-12-7-5-6-11(10-15)13(12)17-14(18)16/h5-7H,2-4,8-9H2,1H3,(H2,16,17). The molecule has 5 heteroatoms. The summed E-state index contributed by atoms with van der Waals surface area (Å²) in [4.78, 5) is 4.31. The van der Waals surface area contributed by atoms with E-state index in [1.807, 2.05) is 28.5 Å². The topological polar surface area (TPSA) is 67.6 Å². The lowest BCUT2D eigenvalue weighted by Gasteiger charge is -2.06. The van der Waals surface area contributed by atoms with Crippen LogP contribution in [0.2, 0.25) is 0 Å². The van der Waals surface area contributed by atoms with E-state index in [1.165, 1.54) is 18.6 Å². The van der Waals surface area contributed by atoms with Crippen molar-refractivity contribution in [3.63, 3.8) is 0 Å². The zero-order valence-corrected chi connectivity index (χ0v) is 11.9. The van der Waals surface area contributed by atoms with Crippen LogP contribution in [0.3, 0.4) is 0 Å². The predicted molar refractivity (Wildman–Crippen MR) is 81.1 cm³/mol. The van der Waals surface area contributed by atoms with E-state index >= 15 is 0 Å². The first-order valence-electron chi connectivity index (χ1n) is 6.41. The highest BCUT2D eigenvalue weighted by atomic mass is 32.2. The van der Waals surface area contributed by atoms with Gasteiger partial charge in [0.15, 0.2) is 0 Å². The Bertz CT molecular complexity index is 597. The fourth-order valence-electron chi connectivity index (χ4n) is 2.18. The van der Waals surface area contributed by atoms with E-state index < -0.39 is 0 Å². The van der Waals surface area contributed by atoms with Gasteiger partial charge in [0.1, 0.15) is 11.6 Å². The van der Waals surface area contributed by atoms with Crippen molar-refractivity contribution in [2.75, 3.05) is 17.7 Å². The molecule has 19 heavy (non-hydrogen) atoms. The third-order valence-corrected chi connectivity index (χ3v) is 3.86. The highest BCUT2D eigenvalue weighted by Crippen LogP contribution is 2.21. The lowest BCUT2D eigenvalue weighted by molar-refractivity contribution is 0.621. The van der Waals surface area contributed by atoms with E-state index in [1.54, 1.807) is 6.07 Å². The Morgan fingerprint density at radius 1 is 1.37 bits per heavy atom. The minimum Gasteiger partial charge on any atom is -0.369 e. The Balaban J connectivity index is 2.15. The number of rotatable bonds is 6. The molecular formula is C14H18N4S. The molecule has 2 rings (SSSR count). The van der Waals surface area contributed by atoms with Crippen molar-refractivity contribution in [2.24, 2.45) is 0 Å². The minimum atomic E-state index is 0.502. The number of hydrogen-bond acceptors (Lipinski definition) is 4. The Kier molecular flexibility index (Phi) is 4.69. The summed E-state index contributed by atoms with van der Waals surface area (Å²) in [5.41, 5.74) is 8.22. The molecule has 0 radical (unpaired) electrons. The molecule has 1 heterocycles. The number of benzene rings is 1. The summed E-state index contributed by atoms with van der Waals surface area (Å²) < 4.78 is 2.01. The fourth-order valence-corrected chi connectivity index (χ4v) is 2.68. The van der Waals surface area contributed by atoms with Gasteiger partial charge >= 0.3 is 0 Å². The zero-order valence-electron chi connectivity index (χ0n) is 11.1. The van der Waals surface area contributed by atoms with Crippen LogP contribution in [0.1, 0.15) is 24.8 Å². The van der Waals surface area contributed by atoms with Gasteiger partial charge in [-0.25, -0.2) is 4.98 Å². The summed E-state index contributed by atoms with van der Waals surface area (Å²) in [6, 6.07) is 7.79. The third-order valence-electron chi connectivity index (χ3n) is 3.16. The summed E-state index contributed by atoms with van der Waals surface area (Å²) in [6.45, 7) is 0.867. The molecule has 0 spiro atoms. The summed E-state index contributed by atoms with van der Waals surface area (Å²) >= 11 is 1.88. The Labute approximate surface area is 117 Å². The van der Waals surface area contributed by atoms with Crippen LogP contribution in [0.5, 0.6) is 0 Å². The SMILES string of the molecule is CSCCCCCn1c(N)nc2c(C#N)cccc21. The van der Waals surface area contributed by atoms with Gasteiger partial charge in [0.05, 0.1) is 11.1 Å². The van der Waals surface area contributed by atoms with Gasteiger partial charge in [-0.15, -0.1) is 0 Å². The van der Waals surface area contributed by atoms with Crippen molar-refractivity contribution in [1.82, 2.24) is 9.55 Å². The number of nitriles is 1. The lowest BCUT2D eigenvalue weighted by Crippen LogP contribution is -2.03. The Morgan fingerprint density at radius 3 is 2.95 bits per heavy atom. The van der Waals surface area contributed by atoms with E-state index in [4.69, 9.17) is 11.0 Å². The second-order valence-corrected chi connectivity index (χ2v) is 5.45. The molecule has 0 aliphatic rings. The molecule has 0 unspecified atom stereocenters. The number of nitrogens with two attached hydrogens (primary N) is 1. The maximum Gasteiger partial charge on any atom is 0.201 e. The molecule has 1 aromatic heterocycles. The average Bonchev–Trinajstić information content (AvgIpc) is 2.74. The van der Waals surface area contributed by atoms with E-state index in [0.29, 0.717) is 17.0 Å². The first kappa shape index (κ1) is 13.8. The van der Waals surface area contributed by atoms with Gasteiger partial charge in [0.2, 0.25) is 5.95 Å². The number of nitrogen functional groups attached to an aromatic ring is 1. The van der Waals surface area contributed by atoms with E-state index in [2.05, 4.69) is 17.3 Å². The molecule has 2 aromatic rings. The van der Waals surface area contributed by atoms with Gasteiger partial charge in [0.25, 0.3) is 0 Å². The van der Waals surface area contributed by atoms with Gasteiger partial charge in [-0.2, -0.15) is 17.0 Å². The van der Waals surface area contributed by atoms with Gasteiger partial charge in [-0.3, -0.25) is 0 Å². The normalized spacial score (nSPS) is 10.7. The second-order valence-electron chi connectivity index (χ2n) is 4.46. The number of nitrogens with zero attached hydrogens (tertiary/aromatic N) is 3. The number of anilines is 1. The van der Waals surface area contributed by atoms with Crippen molar-refractivity contribution >= 4 is 28.7 Å². The summed E-state index contributed by atoms with van der Waals surface area (Å²) in [5, 5.41) is 9.07. The van der Waals surface area contributed by atoms with E-state index in [-0.39, 0.29) is 0 Å². The van der Waals surface area contributed by atoms with Gasteiger partial charge in [0, 0.05) is 6.54 Å². The number of imidazole rings is 1. The number of fused-ring (bicyclic) bond motifs is 1. The van der Waals surface area contributed by atoms with Gasteiger partial charge < -0.3 is 10.3 Å². The second kappa shape index (κ2) is 6.48. The molecule has 0 aliphatic carbocycles. The number of aromatic nitrogens is 2. The van der Waals surface area contributed by atoms with Gasteiger partial charge in [-0.05, 0) is 37.0 Å². The Hall–Kier alpha value is -1.67. The molecule has 0 saturated carbocycles. The van der Waals surface area contributed by atoms with Crippen molar-refractivity contribution in [3.8, 4) is 6.07 Å². The van der Waals surface area contributed by atoms with Gasteiger partial charge in [-0.1, -0.05) is 12.5 Å². The molecule has 2 N–H and O–H groups in total. The average molecular weight is 274 g/mol. The highest BCUT2D eigenvalue weighted by molar-refractivity contribution is 7.98. The molecular weight excluding hydrogens is 256 g/mol. The molecule has 0 fully saturated rings. The van der Waals surface area contributed by atoms with Crippen LogP contribution in [0, 0.1) is 11.3 Å². The number of para-hydroxylation sites is 1. The number of unbranched alkanes of at least 4 members (excludes halogenated alkanes) is 2. The molecule has 0 atom stereocenters. The van der Waals surface area contributed by atoms with Crippen LogP contribution in [0.15, 0.2) is 18.2 Å². The molecule has 1 aromatic carbocycles. The number of thioether (sulfide) groups is 1. The quantitative estimate of drug-likeness (QED) is 0.822. The predicted octanol–water partition coefficient (Wildman–Crippen LogP) is 3.02. The molecule has 0 saturated heterocycles. The largest absolute Gasteiger partial charge is 0.369 e.